The highest BCUT2D eigenvalue weighted by atomic mass is 16.6. The third-order valence-electron chi connectivity index (χ3n) is 4.17. The number of hydrogen-bond donors (Lipinski definition) is 1. The fraction of sp³-hybridized carbons (Fsp3) is 0.353. The van der Waals surface area contributed by atoms with Crippen LogP contribution in [-0.4, -0.2) is 39.9 Å². The van der Waals surface area contributed by atoms with Crippen LogP contribution in [0.15, 0.2) is 42.6 Å². The highest BCUT2D eigenvalue weighted by Gasteiger charge is 2.26. The maximum absolute atomic E-state index is 12.4. The van der Waals surface area contributed by atoms with Gasteiger partial charge in [0.15, 0.2) is 0 Å². The number of aromatic amines is 1. The normalized spacial score (nSPS) is 15.4. The summed E-state index contributed by atoms with van der Waals surface area (Å²) in [6.45, 7) is 1.75. The average Bonchev–Trinajstić information content (AvgIpc) is 3.11. The van der Waals surface area contributed by atoms with Gasteiger partial charge in [-0.25, -0.2) is 0 Å². The SMILES string of the molecule is O=C(c1cc([N+](=O)[O-])c[nH]1)N1CCC(OCc2ccccc2)CC1. The zero-order valence-corrected chi connectivity index (χ0v) is 13.2. The lowest BCUT2D eigenvalue weighted by atomic mass is 10.1. The molecule has 0 unspecified atom stereocenters. The van der Waals surface area contributed by atoms with Gasteiger partial charge < -0.3 is 14.6 Å². The number of aromatic nitrogens is 1. The smallest absolute Gasteiger partial charge is 0.287 e. The predicted octanol–water partition coefficient (Wildman–Crippen LogP) is 2.74. The molecule has 1 N–H and O–H groups in total. The number of likely N-dealkylation sites (tertiary alicyclic amines) is 1. The molecule has 7 heteroatoms. The fourth-order valence-electron chi connectivity index (χ4n) is 2.80. The van der Waals surface area contributed by atoms with Crippen LogP contribution in [0.2, 0.25) is 0 Å². The summed E-state index contributed by atoms with van der Waals surface area (Å²) in [5, 5.41) is 10.7. The summed E-state index contributed by atoms with van der Waals surface area (Å²) in [4.78, 5) is 26.9. The second kappa shape index (κ2) is 7.27. The van der Waals surface area contributed by atoms with E-state index in [1.807, 2.05) is 30.3 Å². The number of amides is 1. The van der Waals surface area contributed by atoms with Gasteiger partial charge in [0.05, 0.1) is 23.8 Å². The first-order chi connectivity index (χ1) is 11.6. The number of carbonyl (C=O) groups excluding carboxylic acids is 1. The minimum absolute atomic E-state index is 0.0977. The Labute approximate surface area is 139 Å². The first-order valence-electron chi connectivity index (χ1n) is 7.91. The first-order valence-corrected chi connectivity index (χ1v) is 7.91. The summed E-state index contributed by atoms with van der Waals surface area (Å²) < 4.78 is 5.90. The van der Waals surface area contributed by atoms with Crippen molar-refractivity contribution in [3.8, 4) is 0 Å². The van der Waals surface area contributed by atoms with E-state index in [0.29, 0.717) is 19.7 Å². The van der Waals surface area contributed by atoms with Crippen LogP contribution in [0, 0.1) is 10.1 Å². The van der Waals surface area contributed by atoms with Crippen molar-refractivity contribution in [3.05, 3.63) is 64.0 Å². The van der Waals surface area contributed by atoms with Crippen molar-refractivity contribution >= 4 is 11.6 Å². The van der Waals surface area contributed by atoms with Gasteiger partial charge in [0.25, 0.3) is 11.6 Å². The highest BCUT2D eigenvalue weighted by Crippen LogP contribution is 2.19. The molecule has 1 fully saturated rings. The van der Waals surface area contributed by atoms with Gasteiger partial charge in [-0.3, -0.25) is 14.9 Å². The van der Waals surface area contributed by atoms with E-state index in [-0.39, 0.29) is 23.4 Å². The van der Waals surface area contributed by atoms with E-state index in [4.69, 9.17) is 4.74 Å². The Morgan fingerprint density at radius 3 is 2.62 bits per heavy atom. The number of rotatable bonds is 5. The van der Waals surface area contributed by atoms with Crippen LogP contribution in [0.25, 0.3) is 0 Å². The minimum atomic E-state index is -0.517. The molecule has 0 radical (unpaired) electrons. The van der Waals surface area contributed by atoms with Gasteiger partial charge >= 0.3 is 0 Å². The van der Waals surface area contributed by atoms with Crippen LogP contribution in [-0.2, 0) is 11.3 Å². The van der Waals surface area contributed by atoms with Crippen LogP contribution in [0.4, 0.5) is 5.69 Å². The Balaban J connectivity index is 1.49. The van der Waals surface area contributed by atoms with Gasteiger partial charge in [0.1, 0.15) is 5.69 Å². The molecule has 0 saturated carbocycles. The maximum Gasteiger partial charge on any atom is 0.287 e. The van der Waals surface area contributed by atoms with Crippen molar-refractivity contribution in [1.29, 1.82) is 0 Å². The molecule has 1 saturated heterocycles. The highest BCUT2D eigenvalue weighted by molar-refractivity contribution is 5.93. The van der Waals surface area contributed by atoms with Crippen LogP contribution in [0.1, 0.15) is 28.9 Å². The van der Waals surface area contributed by atoms with Crippen molar-refractivity contribution in [2.24, 2.45) is 0 Å². The van der Waals surface area contributed by atoms with Gasteiger partial charge in [-0.15, -0.1) is 0 Å². The predicted molar refractivity (Wildman–Crippen MR) is 87.6 cm³/mol. The van der Waals surface area contributed by atoms with Gasteiger partial charge in [-0.05, 0) is 18.4 Å². The summed E-state index contributed by atoms with van der Waals surface area (Å²) >= 11 is 0. The number of nitrogens with zero attached hydrogens (tertiary/aromatic N) is 2. The van der Waals surface area contributed by atoms with E-state index in [9.17, 15) is 14.9 Å². The van der Waals surface area contributed by atoms with Crippen LogP contribution < -0.4 is 0 Å². The van der Waals surface area contributed by atoms with E-state index in [1.54, 1.807) is 4.90 Å². The maximum atomic E-state index is 12.4. The number of ether oxygens (including phenoxy) is 1. The molecule has 0 spiro atoms. The molecule has 0 atom stereocenters. The number of nitro groups is 1. The summed E-state index contributed by atoms with van der Waals surface area (Å²) in [5.41, 5.74) is 1.29. The van der Waals surface area contributed by atoms with Gasteiger partial charge in [0.2, 0.25) is 0 Å². The standard InChI is InChI=1S/C17H19N3O4/c21-17(16-10-14(11-18-16)20(22)23)19-8-6-15(7-9-19)24-12-13-4-2-1-3-5-13/h1-5,10-11,15,18H,6-9,12H2. The molecule has 1 aliphatic rings. The Hall–Kier alpha value is -2.67. The quantitative estimate of drug-likeness (QED) is 0.675. The second-order valence-corrected chi connectivity index (χ2v) is 5.82. The molecule has 0 aliphatic carbocycles. The molecule has 7 nitrogen and oxygen atoms in total. The third kappa shape index (κ3) is 3.80. The third-order valence-corrected chi connectivity index (χ3v) is 4.17. The fourth-order valence-corrected chi connectivity index (χ4v) is 2.80. The Morgan fingerprint density at radius 1 is 1.29 bits per heavy atom. The van der Waals surface area contributed by atoms with Crippen LogP contribution in [0.5, 0.6) is 0 Å². The van der Waals surface area contributed by atoms with E-state index in [2.05, 4.69) is 4.98 Å². The molecule has 1 aromatic carbocycles. The lowest BCUT2D eigenvalue weighted by Gasteiger charge is -2.31. The van der Waals surface area contributed by atoms with Gasteiger partial charge in [0, 0.05) is 19.2 Å². The average molecular weight is 329 g/mol. The Kier molecular flexibility index (Phi) is 4.90. The van der Waals surface area contributed by atoms with Gasteiger partial charge in [-0.1, -0.05) is 30.3 Å². The van der Waals surface area contributed by atoms with E-state index in [1.165, 1.54) is 12.3 Å². The van der Waals surface area contributed by atoms with Crippen molar-refractivity contribution in [2.45, 2.75) is 25.6 Å². The minimum Gasteiger partial charge on any atom is -0.373 e. The van der Waals surface area contributed by atoms with Crippen LogP contribution >= 0.6 is 0 Å². The van der Waals surface area contributed by atoms with Crippen molar-refractivity contribution < 1.29 is 14.5 Å². The van der Waals surface area contributed by atoms with E-state index < -0.39 is 4.92 Å². The zero-order chi connectivity index (χ0) is 16.9. The van der Waals surface area contributed by atoms with Crippen molar-refractivity contribution in [3.63, 3.8) is 0 Å². The lowest BCUT2D eigenvalue weighted by molar-refractivity contribution is -0.384. The molecule has 1 amide bonds. The Bertz CT molecular complexity index is 706. The molecule has 24 heavy (non-hydrogen) atoms. The number of piperidine rings is 1. The second-order valence-electron chi connectivity index (χ2n) is 5.82. The van der Waals surface area contributed by atoms with E-state index >= 15 is 0 Å². The largest absolute Gasteiger partial charge is 0.373 e. The molecule has 1 aromatic heterocycles. The molecule has 2 aromatic rings. The molecule has 126 valence electrons. The first kappa shape index (κ1) is 16.2. The molecule has 3 rings (SSSR count). The monoisotopic (exact) mass is 329 g/mol. The summed E-state index contributed by atoms with van der Waals surface area (Å²) in [6.07, 6.45) is 2.90. The number of benzene rings is 1. The number of carbonyl (C=O) groups is 1. The Morgan fingerprint density at radius 2 is 2.00 bits per heavy atom. The molecule has 1 aliphatic heterocycles. The van der Waals surface area contributed by atoms with Crippen molar-refractivity contribution in [1.82, 2.24) is 9.88 Å². The molecular weight excluding hydrogens is 310 g/mol. The zero-order valence-electron chi connectivity index (χ0n) is 13.2. The topological polar surface area (TPSA) is 88.5 Å². The lowest BCUT2D eigenvalue weighted by Crippen LogP contribution is -2.41. The summed E-state index contributed by atoms with van der Waals surface area (Å²) in [7, 11) is 0. The molecule has 2 heterocycles. The number of H-pyrrole nitrogens is 1. The summed E-state index contributed by atoms with van der Waals surface area (Å²) in [6, 6.07) is 11.3. The molecule has 0 bridgehead atoms. The van der Waals surface area contributed by atoms with Crippen LogP contribution in [0.3, 0.4) is 0 Å². The summed E-state index contributed by atoms with van der Waals surface area (Å²) in [5.74, 6) is -0.204. The number of nitrogens with one attached hydrogen (secondary N) is 1. The number of hydrogen-bond acceptors (Lipinski definition) is 4. The molecular formula is C17H19N3O4. The van der Waals surface area contributed by atoms with Gasteiger partial charge in [-0.2, -0.15) is 0 Å². The van der Waals surface area contributed by atoms with E-state index in [0.717, 1.165) is 18.4 Å². The van der Waals surface area contributed by atoms with Crippen molar-refractivity contribution in [2.75, 3.05) is 13.1 Å².